The van der Waals surface area contributed by atoms with E-state index >= 15 is 0 Å². The van der Waals surface area contributed by atoms with E-state index in [1.54, 1.807) is 0 Å². The summed E-state index contributed by atoms with van der Waals surface area (Å²) in [5.74, 6) is 0. The van der Waals surface area contributed by atoms with Gasteiger partial charge in [-0.05, 0) is 6.42 Å². The Labute approximate surface area is 152 Å². The predicted molar refractivity (Wildman–Crippen MR) is 106 cm³/mol. The van der Waals surface area contributed by atoms with Gasteiger partial charge in [-0.1, -0.05) is 103 Å². The van der Waals surface area contributed by atoms with Gasteiger partial charge in [0.05, 0.1) is 0 Å². The monoisotopic (exact) mass is 334 g/mol. The maximum absolute atomic E-state index is 3.26. The van der Waals surface area contributed by atoms with Crippen molar-refractivity contribution in [3.8, 4) is 0 Å². The third-order valence-corrected chi connectivity index (χ3v) is 5.01. The van der Waals surface area contributed by atoms with Gasteiger partial charge < -0.3 is 9.80 Å². The van der Waals surface area contributed by atoms with Gasteiger partial charge in [0.15, 0.2) is 0 Å². The quantitative estimate of drug-likeness (QED) is 0.265. The molecule has 0 aliphatic carbocycles. The van der Waals surface area contributed by atoms with E-state index in [0.717, 1.165) is 6.54 Å². The van der Waals surface area contributed by atoms with Gasteiger partial charge in [-0.3, -0.25) is 0 Å². The number of unbranched alkanes of at least 4 members (excludes halogenated alkanes) is 15. The molecule has 0 aromatic heterocycles. The molecule has 0 saturated carbocycles. The van der Waals surface area contributed by atoms with Gasteiger partial charge in [0.25, 0.3) is 0 Å². The molecule has 1 heterocycles. The van der Waals surface area contributed by atoms with Gasteiger partial charge in [-0.15, -0.1) is 0 Å². The van der Waals surface area contributed by atoms with Crippen molar-refractivity contribution in [2.45, 2.75) is 110 Å². The molecule has 0 saturated heterocycles. The second-order valence-electron chi connectivity index (χ2n) is 7.51. The highest BCUT2D eigenvalue weighted by Crippen LogP contribution is 2.14. The van der Waals surface area contributed by atoms with Crippen LogP contribution >= 0.6 is 0 Å². The summed E-state index contributed by atoms with van der Waals surface area (Å²) in [7, 11) is 2.03. The first-order valence-electron chi connectivity index (χ1n) is 10.8. The molecule has 24 heavy (non-hydrogen) atoms. The average molecular weight is 335 g/mol. The van der Waals surface area contributed by atoms with Crippen molar-refractivity contribution in [3.63, 3.8) is 0 Å². The van der Waals surface area contributed by atoms with Crippen LogP contribution in [0.2, 0.25) is 0 Å². The minimum atomic E-state index is 1.12. The molecule has 1 rings (SSSR count). The van der Waals surface area contributed by atoms with Crippen LogP contribution in [-0.4, -0.2) is 23.4 Å². The van der Waals surface area contributed by atoms with Crippen LogP contribution in [0.5, 0.6) is 0 Å². The molecule has 0 fully saturated rings. The third-order valence-electron chi connectivity index (χ3n) is 5.01. The molecule has 0 unspecified atom stereocenters. The van der Waals surface area contributed by atoms with Gasteiger partial charge in [-0.2, -0.15) is 0 Å². The highest BCUT2D eigenvalue weighted by Gasteiger charge is 2.09. The molecule has 0 N–H and O–H groups in total. The molecule has 2 nitrogen and oxygen atoms in total. The summed E-state index contributed by atoms with van der Waals surface area (Å²) in [5, 5.41) is 0. The second kappa shape index (κ2) is 15.8. The van der Waals surface area contributed by atoms with Gasteiger partial charge >= 0.3 is 0 Å². The van der Waals surface area contributed by atoms with E-state index in [2.05, 4.69) is 30.9 Å². The molecule has 1 aliphatic rings. The Hall–Kier alpha value is -0.660. The van der Waals surface area contributed by atoms with Gasteiger partial charge in [0.1, 0.15) is 0 Å². The fourth-order valence-corrected chi connectivity index (χ4v) is 3.40. The fourth-order valence-electron chi connectivity index (χ4n) is 3.40. The maximum Gasteiger partial charge on any atom is 0.207 e. The largest absolute Gasteiger partial charge is 0.349 e. The Kier molecular flexibility index (Phi) is 14.1. The fraction of sp³-hybridized carbons (Fsp3) is 0.864. The summed E-state index contributed by atoms with van der Waals surface area (Å²) >= 11 is 0. The molecule has 140 valence electrons. The van der Waals surface area contributed by atoms with Gasteiger partial charge in [0.2, 0.25) is 6.67 Å². The van der Waals surface area contributed by atoms with Crippen molar-refractivity contribution in [2.24, 2.45) is 0 Å². The summed E-state index contributed by atoms with van der Waals surface area (Å²) in [6.45, 7) is 6.68. The summed E-state index contributed by atoms with van der Waals surface area (Å²) in [6.07, 6.45) is 27.1. The topological polar surface area (TPSA) is 6.48 Å². The molecular formula is C22H42N2. The lowest BCUT2D eigenvalue weighted by Crippen LogP contribution is -2.17. The summed E-state index contributed by atoms with van der Waals surface area (Å²) in [4.78, 5) is 4.16. The van der Waals surface area contributed by atoms with Crippen molar-refractivity contribution in [1.82, 2.24) is 9.80 Å². The van der Waals surface area contributed by atoms with Crippen LogP contribution in [0, 0.1) is 6.67 Å². The van der Waals surface area contributed by atoms with Crippen molar-refractivity contribution < 1.29 is 0 Å². The Morgan fingerprint density at radius 3 is 1.38 bits per heavy atom. The van der Waals surface area contributed by atoms with Gasteiger partial charge in [-0.25, -0.2) is 0 Å². The van der Waals surface area contributed by atoms with Crippen LogP contribution in [0.4, 0.5) is 0 Å². The lowest BCUT2D eigenvalue weighted by atomic mass is 10.0. The van der Waals surface area contributed by atoms with Gasteiger partial charge in [0, 0.05) is 26.0 Å². The number of rotatable bonds is 17. The smallest absolute Gasteiger partial charge is 0.207 e. The van der Waals surface area contributed by atoms with E-state index < -0.39 is 0 Å². The zero-order chi connectivity index (χ0) is 17.3. The molecule has 0 aromatic rings. The van der Waals surface area contributed by atoms with E-state index in [-0.39, 0.29) is 0 Å². The van der Waals surface area contributed by atoms with Crippen LogP contribution in [0.15, 0.2) is 12.4 Å². The highest BCUT2D eigenvalue weighted by molar-refractivity contribution is 4.94. The molecule has 2 radical (unpaired) electrons. The van der Waals surface area contributed by atoms with Crippen molar-refractivity contribution >= 4 is 0 Å². The number of hydrogen-bond donors (Lipinski definition) is 0. The van der Waals surface area contributed by atoms with E-state index in [9.17, 15) is 0 Å². The minimum absolute atomic E-state index is 1.12. The SMILES string of the molecule is CCCCCCCCCCCCCCCCCCN1[C]N(C)C=C1. The van der Waals surface area contributed by atoms with E-state index in [4.69, 9.17) is 0 Å². The number of hydrogen-bond acceptors (Lipinski definition) is 2. The minimum Gasteiger partial charge on any atom is -0.349 e. The summed E-state index contributed by atoms with van der Waals surface area (Å²) in [6, 6.07) is 0. The first-order chi connectivity index (χ1) is 11.8. The molecule has 0 atom stereocenters. The first kappa shape index (κ1) is 21.4. The van der Waals surface area contributed by atoms with Crippen LogP contribution in [0.3, 0.4) is 0 Å². The molecular weight excluding hydrogens is 292 g/mol. The van der Waals surface area contributed by atoms with Crippen LogP contribution < -0.4 is 0 Å². The molecule has 0 spiro atoms. The standard InChI is InChI=1S/C22H42N2/c1-3-4-5-6-7-8-9-10-11-12-13-14-15-16-17-18-19-24-21-20-23(2)22-24/h20-21H,3-19H2,1-2H3. The highest BCUT2D eigenvalue weighted by atomic mass is 15.3. The normalized spacial score (nSPS) is 14.1. The Morgan fingerprint density at radius 2 is 1.00 bits per heavy atom. The Bertz CT molecular complexity index is 288. The second-order valence-corrected chi connectivity index (χ2v) is 7.51. The summed E-state index contributed by atoms with van der Waals surface area (Å²) < 4.78 is 0. The molecule has 2 heteroatoms. The molecule has 0 amide bonds. The Morgan fingerprint density at radius 1 is 0.583 bits per heavy atom. The van der Waals surface area contributed by atoms with Crippen LogP contribution in [-0.2, 0) is 0 Å². The average Bonchev–Trinajstić information content (AvgIpc) is 3.00. The van der Waals surface area contributed by atoms with Crippen LogP contribution in [0.1, 0.15) is 110 Å². The number of nitrogens with zero attached hydrogens (tertiary/aromatic N) is 2. The van der Waals surface area contributed by atoms with Crippen LogP contribution in [0.25, 0.3) is 0 Å². The zero-order valence-corrected chi connectivity index (χ0v) is 16.6. The van der Waals surface area contributed by atoms with Crippen molar-refractivity contribution in [3.05, 3.63) is 19.1 Å². The van der Waals surface area contributed by atoms with E-state index in [1.165, 1.54) is 103 Å². The molecule has 0 aromatic carbocycles. The lowest BCUT2D eigenvalue weighted by Gasteiger charge is -2.15. The Balaban J connectivity index is 1.67. The molecule has 0 bridgehead atoms. The summed E-state index contributed by atoms with van der Waals surface area (Å²) in [5.41, 5.74) is 0. The van der Waals surface area contributed by atoms with E-state index in [0.29, 0.717) is 0 Å². The van der Waals surface area contributed by atoms with Crippen molar-refractivity contribution in [2.75, 3.05) is 13.6 Å². The lowest BCUT2D eigenvalue weighted by molar-refractivity contribution is 0.367. The van der Waals surface area contributed by atoms with E-state index in [1.807, 2.05) is 11.9 Å². The first-order valence-corrected chi connectivity index (χ1v) is 10.8. The zero-order valence-electron chi connectivity index (χ0n) is 16.6. The predicted octanol–water partition coefficient (Wildman–Crippen LogP) is 6.96. The molecule has 1 aliphatic heterocycles. The third kappa shape index (κ3) is 12.7. The maximum atomic E-state index is 3.26. The van der Waals surface area contributed by atoms with Crippen molar-refractivity contribution in [1.29, 1.82) is 0 Å².